The van der Waals surface area contributed by atoms with Gasteiger partial charge in [0.15, 0.2) is 0 Å². The van der Waals surface area contributed by atoms with Crippen molar-refractivity contribution in [2.45, 2.75) is 19.8 Å². The SMILES string of the molecule is C=C1CCc2cc(O)cc(C)c2O1. The molecule has 0 amide bonds. The predicted octanol–water partition coefficient (Wildman–Crippen LogP) is 2.54. The van der Waals surface area contributed by atoms with Gasteiger partial charge in [-0.15, -0.1) is 0 Å². The van der Waals surface area contributed by atoms with Crippen LogP contribution in [-0.4, -0.2) is 5.11 Å². The highest BCUT2D eigenvalue weighted by Gasteiger charge is 2.15. The van der Waals surface area contributed by atoms with Crippen LogP contribution in [0.4, 0.5) is 0 Å². The van der Waals surface area contributed by atoms with E-state index in [1.165, 1.54) is 0 Å². The second-order valence-corrected chi connectivity index (χ2v) is 3.39. The van der Waals surface area contributed by atoms with Gasteiger partial charge in [0.2, 0.25) is 0 Å². The number of fused-ring (bicyclic) bond motifs is 1. The van der Waals surface area contributed by atoms with Gasteiger partial charge in [-0.3, -0.25) is 0 Å². The van der Waals surface area contributed by atoms with Crippen LogP contribution in [0.5, 0.6) is 11.5 Å². The standard InChI is InChI=1S/C11H12O2/c1-7-5-10(12)6-9-4-3-8(2)13-11(7)9/h5-6,12H,2-4H2,1H3. The largest absolute Gasteiger partial charge is 0.508 e. The highest BCUT2D eigenvalue weighted by molar-refractivity contribution is 5.48. The minimum Gasteiger partial charge on any atom is -0.508 e. The minimum absolute atomic E-state index is 0.312. The highest BCUT2D eigenvalue weighted by Crippen LogP contribution is 2.34. The van der Waals surface area contributed by atoms with Crippen molar-refractivity contribution >= 4 is 0 Å². The van der Waals surface area contributed by atoms with Gasteiger partial charge in [0.05, 0.1) is 5.76 Å². The van der Waals surface area contributed by atoms with E-state index < -0.39 is 0 Å². The molecule has 2 nitrogen and oxygen atoms in total. The quantitative estimate of drug-likeness (QED) is 0.658. The van der Waals surface area contributed by atoms with Crippen molar-refractivity contribution in [3.8, 4) is 11.5 Å². The van der Waals surface area contributed by atoms with Gasteiger partial charge in [0.1, 0.15) is 11.5 Å². The predicted molar refractivity (Wildman–Crippen MR) is 50.9 cm³/mol. The zero-order chi connectivity index (χ0) is 9.42. The van der Waals surface area contributed by atoms with E-state index in [4.69, 9.17) is 4.74 Å². The van der Waals surface area contributed by atoms with Gasteiger partial charge in [0, 0.05) is 6.42 Å². The van der Waals surface area contributed by atoms with Crippen molar-refractivity contribution in [1.29, 1.82) is 0 Å². The maximum Gasteiger partial charge on any atom is 0.133 e. The van der Waals surface area contributed by atoms with Gasteiger partial charge in [-0.2, -0.15) is 0 Å². The average molecular weight is 176 g/mol. The maximum absolute atomic E-state index is 9.36. The Hall–Kier alpha value is -1.44. The molecule has 1 aliphatic rings. The Kier molecular flexibility index (Phi) is 1.76. The van der Waals surface area contributed by atoms with Crippen LogP contribution < -0.4 is 4.74 Å². The van der Waals surface area contributed by atoms with Crippen LogP contribution >= 0.6 is 0 Å². The van der Waals surface area contributed by atoms with E-state index in [1.807, 2.05) is 6.92 Å². The summed E-state index contributed by atoms with van der Waals surface area (Å²) in [6, 6.07) is 3.46. The van der Waals surface area contributed by atoms with Gasteiger partial charge in [0.25, 0.3) is 0 Å². The Morgan fingerprint density at radius 3 is 2.92 bits per heavy atom. The topological polar surface area (TPSA) is 29.5 Å². The fourth-order valence-corrected chi connectivity index (χ4v) is 1.63. The normalized spacial score (nSPS) is 15.0. The summed E-state index contributed by atoms with van der Waals surface area (Å²) in [5.74, 6) is 1.99. The van der Waals surface area contributed by atoms with Crippen molar-refractivity contribution in [1.82, 2.24) is 0 Å². The molecule has 0 saturated heterocycles. The first-order valence-electron chi connectivity index (χ1n) is 4.35. The smallest absolute Gasteiger partial charge is 0.133 e. The highest BCUT2D eigenvalue weighted by atomic mass is 16.5. The van der Waals surface area contributed by atoms with Crippen LogP contribution in [0.15, 0.2) is 24.5 Å². The van der Waals surface area contributed by atoms with Crippen molar-refractivity contribution in [2.75, 3.05) is 0 Å². The van der Waals surface area contributed by atoms with E-state index >= 15 is 0 Å². The van der Waals surface area contributed by atoms with Crippen molar-refractivity contribution in [3.63, 3.8) is 0 Å². The summed E-state index contributed by atoms with van der Waals surface area (Å²) in [6.45, 7) is 5.72. The Balaban J connectivity index is 2.53. The second kappa shape index (κ2) is 2.80. The fraction of sp³-hybridized carbons (Fsp3) is 0.273. The lowest BCUT2D eigenvalue weighted by Gasteiger charge is -2.20. The Labute approximate surface area is 77.5 Å². The van der Waals surface area contributed by atoms with Gasteiger partial charge >= 0.3 is 0 Å². The number of phenolic OH excluding ortho intramolecular Hbond substituents is 1. The Bertz CT molecular complexity index is 367. The number of benzene rings is 1. The van der Waals surface area contributed by atoms with Gasteiger partial charge < -0.3 is 9.84 Å². The Morgan fingerprint density at radius 2 is 2.15 bits per heavy atom. The van der Waals surface area contributed by atoms with Gasteiger partial charge in [-0.25, -0.2) is 0 Å². The number of allylic oxidation sites excluding steroid dienone is 1. The fourth-order valence-electron chi connectivity index (χ4n) is 1.63. The minimum atomic E-state index is 0.312. The van der Waals surface area contributed by atoms with E-state index in [9.17, 15) is 5.11 Å². The van der Waals surface area contributed by atoms with Crippen LogP contribution in [0.3, 0.4) is 0 Å². The molecule has 2 heteroatoms. The molecule has 0 atom stereocenters. The van der Waals surface area contributed by atoms with E-state index in [2.05, 4.69) is 6.58 Å². The molecule has 0 aromatic heterocycles. The molecule has 1 aliphatic heterocycles. The molecule has 0 saturated carbocycles. The molecule has 1 aromatic rings. The Morgan fingerprint density at radius 1 is 1.38 bits per heavy atom. The molecule has 1 heterocycles. The van der Waals surface area contributed by atoms with E-state index in [0.29, 0.717) is 5.75 Å². The molecule has 0 bridgehead atoms. The first-order chi connectivity index (χ1) is 6.16. The summed E-state index contributed by atoms with van der Waals surface area (Å²) >= 11 is 0. The number of aryl methyl sites for hydroxylation is 2. The molecule has 0 radical (unpaired) electrons. The van der Waals surface area contributed by atoms with Crippen LogP contribution in [0.25, 0.3) is 0 Å². The average Bonchev–Trinajstić information content (AvgIpc) is 2.06. The maximum atomic E-state index is 9.36. The van der Waals surface area contributed by atoms with Crippen molar-refractivity contribution in [2.24, 2.45) is 0 Å². The first-order valence-corrected chi connectivity index (χ1v) is 4.35. The summed E-state index contributed by atoms with van der Waals surface area (Å²) in [6.07, 6.45) is 1.75. The van der Waals surface area contributed by atoms with Gasteiger partial charge in [-0.05, 0) is 36.6 Å². The van der Waals surface area contributed by atoms with E-state index in [0.717, 1.165) is 35.5 Å². The van der Waals surface area contributed by atoms with Crippen LogP contribution in [0, 0.1) is 6.92 Å². The summed E-state index contributed by atoms with van der Waals surface area (Å²) < 4.78 is 5.51. The molecule has 0 unspecified atom stereocenters. The zero-order valence-electron chi connectivity index (χ0n) is 7.63. The van der Waals surface area contributed by atoms with Gasteiger partial charge in [-0.1, -0.05) is 6.58 Å². The van der Waals surface area contributed by atoms with Crippen molar-refractivity contribution in [3.05, 3.63) is 35.6 Å². The lowest BCUT2D eigenvalue weighted by molar-refractivity contribution is 0.375. The number of hydrogen-bond acceptors (Lipinski definition) is 2. The third-order valence-corrected chi connectivity index (χ3v) is 2.26. The molecule has 0 spiro atoms. The lowest BCUT2D eigenvalue weighted by atomic mass is 10.0. The second-order valence-electron chi connectivity index (χ2n) is 3.39. The molecule has 68 valence electrons. The van der Waals surface area contributed by atoms with Crippen LogP contribution in [0.1, 0.15) is 17.5 Å². The third kappa shape index (κ3) is 1.39. The molecule has 2 rings (SSSR count). The number of phenols is 1. The monoisotopic (exact) mass is 176 g/mol. The summed E-state index contributed by atoms with van der Waals surface area (Å²) in [5, 5.41) is 9.36. The third-order valence-electron chi connectivity index (χ3n) is 2.26. The number of rotatable bonds is 0. The summed E-state index contributed by atoms with van der Waals surface area (Å²) in [5.41, 5.74) is 2.04. The van der Waals surface area contributed by atoms with E-state index in [-0.39, 0.29) is 0 Å². The summed E-state index contributed by atoms with van der Waals surface area (Å²) in [7, 11) is 0. The number of aromatic hydroxyl groups is 1. The van der Waals surface area contributed by atoms with Crippen LogP contribution in [0.2, 0.25) is 0 Å². The summed E-state index contributed by atoms with van der Waals surface area (Å²) in [4.78, 5) is 0. The number of hydrogen-bond donors (Lipinski definition) is 1. The molecule has 1 N–H and O–H groups in total. The van der Waals surface area contributed by atoms with E-state index in [1.54, 1.807) is 12.1 Å². The van der Waals surface area contributed by atoms with Crippen LogP contribution in [-0.2, 0) is 6.42 Å². The molecule has 13 heavy (non-hydrogen) atoms. The lowest BCUT2D eigenvalue weighted by Crippen LogP contribution is -2.06. The first kappa shape index (κ1) is 8.17. The molecular weight excluding hydrogens is 164 g/mol. The molecular formula is C11H12O2. The molecule has 1 aromatic carbocycles. The molecule has 0 aliphatic carbocycles. The molecule has 0 fully saturated rings. The van der Waals surface area contributed by atoms with Crippen molar-refractivity contribution < 1.29 is 9.84 Å². The zero-order valence-corrected chi connectivity index (χ0v) is 7.63. The number of ether oxygens (including phenoxy) is 1.